The van der Waals surface area contributed by atoms with Crippen molar-refractivity contribution in [1.29, 1.82) is 0 Å². The van der Waals surface area contributed by atoms with E-state index >= 15 is 0 Å². The maximum atomic E-state index is 5.40. The summed E-state index contributed by atoms with van der Waals surface area (Å²) in [6, 6.07) is 16.3. The summed E-state index contributed by atoms with van der Waals surface area (Å²) >= 11 is 0. The highest BCUT2D eigenvalue weighted by Crippen LogP contribution is 2.15. The van der Waals surface area contributed by atoms with Crippen LogP contribution in [-0.4, -0.2) is 6.61 Å². The second-order valence-electron chi connectivity index (χ2n) is 4.36. The number of rotatable bonds is 5. The van der Waals surface area contributed by atoms with Crippen LogP contribution in [-0.2, 0) is 6.54 Å². The molecule has 0 spiro atoms. The fourth-order valence-corrected chi connectivity index (χ4v) is 1.83. The Morgan fingerprint density at radius 2 is 2.00 bits per heavy atom. The molecule has 0 saturated carbocycles. The minimum atomic E-state index is 0.300. The van der Waals surface area contributed by atoms with E-state index in [1.807, 2.05) is 24.3 Å². The third-order valence-corrected chi connectivity index (χ3v) is 2.74. The van der Waals surface area contributed by atoms with Gasteiger partial charge in [-0.2, -0.15) is 0 Å². The first-order valence-corrected chi connectivity index (χ1v) is 6.23. The van der Waals surface area contributed by atoms with Crippen molar-refractivity contribution in [1.82, 2.24) is 0 Å². The Hall–Kier alpha value is -2.40. The first kappa shape index (κ1) is 13.0. The van der Waals surface area contributed by atoms with E-state index in [1.165, 1.54) is 5.56 Å². The molecule has 0 radical (unpaired) electrons. The molecular weight excluding hydrogens is 234 g/mol. The van der Waals surface area contributed by atoms with Crippen molar-refractivity contribution < 1.29 is 4.74 Å². The number of hydrogen-bond acceptors (Lipinski definition) is 2. The molecule has 0 aromatic heterocycles. The molecule has 0 amide bonds. The van der Waals surface area contributed by atoms with Gasteiger partial charge < -0.3 is 10.1 Å². The molecule has 19 heavy (non-hydrogen) atoms. The van der Waals surface area contributed by atoms with Crippen molar-refractivity contribution >= 4 is 5.69 Å². The average Bonchev–Trinajstić information content (AvgIpc) is 2.43. The van der Waals surface area contributed by atoms with Crippen molar-refractivity contribution in [3.05, 3.63) is 59.7 Å². The predicted octanol–water partition coefficient (Wildman–Crippen LogP) is 3.62. The van der Waals surface area contributed by atoms with Gasteiger partial charge in [0.05, 0.1) is 0 Å². The number of aryl methyl sites for hydroxylation is 1. The van der Waals surface area contributed by atoms with Gasteiger partial charge in [-0.15, -0.1) is 6.42 Å². The number of anilines is 1. The Morgan fingerprint density at radius 1 is 1.16 bits per heavy atom. The lowest BCUT2D eigenvalue weighted by Gasteiger charge is -2.09. The van der Waals surface area contributed by atoms with Gasteiger partial charge in [-0.05, 0) is 42.3 Å². The molecule has 0 aliphatic carbocycles. The standard InChI is InChI=1S/C17H17NO/c1-3-10-19-17-9-5-7-15(12-17)13-18-16-8-4-6-14(2)11-16/h1,4-9,11-12,18H,10,13H2,2H3. The summed E-state index contributed by atoms with van der Waals surface area (Å²) in [6.07, 6.45) is 5.18. The van der Waals surface area contributed by atoms with Gasteiger partial charge in [0.2, 0.25) is 0 Å². The lowest BCUT2D eigenvalue weighted by molar-refractivity contribution is 0.370. The first-order valence-electron chi connectivity index (χ1n) is 6.23. The monoisotopic (exact) mass is 251 g/mol. The smallest absolute Gasteiger partial charge is 0.148 e. The van der Waals surface area contributed by atoms with Crippen LogP contribution in [0.5, 0.6) is 5.75 Å². The molecule has 1 N–H and O–H groups in total. The first-order chi connectivity index (χ1) is 9.28. The molecule has 0 atom stereocenters. The summed E-state index contributed by atoms with van der Waals surface area (Å²) in [7, 11) is 0. The van der Waals surface area contributed by atoms with Crippen LogP contribution in [0.3, 0.4) is 0 Å². The minimum Gasteiger partial charge on any atom is -0.481 e. The molecule has 0 unspecified atom stereocenters. The van der Waals surface area contributed by atoms with Crippen molar-refractivity contribution in [2.24, 2.45) is 0 Å². The van der Waals surface area contributed by atoms with Crippen molar-refractivity contribution in [3.63, 3.8) is 0 Å². The van der Waals surface area contributed by atoms with Crippen LogP contribution in [0.2, 0.25) is 0 Å². The van der Waals surface area contributed by atoms with Crippen molar-refractivity contribution in [2.75, 3.05) is 11.9 Å². The SMILES string of the molecule is C#CCOc1cccc(CNc2cccc(C)c2)c1. The fourth-order valence-electron chi connectivity index (χ4n) is 1.83. The number of ether oxygens (including phenoxy) is 1. The highest BCUT2D eigenvalue weighted by atomic mass is 16.5. The molecule has 2 aromatic rings. The van der Waals surface area contributed by atoms with Crippen molar-refractivity contribution in [2.45, 2.75) is 13.5 Å². The molecule has 2 aromatic carbocycles. The summed E-state index contributed by atoms with van der Waals surface area (Å²) in [5, 5.41) is 3.39. The predicted molar refractivity (Wildman–Crippen MR) is 79.3 cm³/mol. The summed E-state index contributed by atoms with van der Waals surface area (Å²) < 4.78 is 5.40. The number of hydrogen-bond donors (Lipinski definition) is 1. The number of nitrogens with one attached hydrogen (secondary N) is 1. The number of benzene rings is 2. The Labute approximate surface area is 114 Å². The zero-order valence-electron chi connectivity index (χ0n) is 11.0. The highest BCUT2D eigenvalue weighted by molar-refractivity contribution is 5.46. The molecule has 0 aliphatic rings. The van der Waals surface area contributed by atoms with E-state index in [1.54, 1.807) is 0 Å². The molecule has 0 heterocycles. The van der Waals surface area contributed by atoms with Gasteiger partial charge in [-0.3, -0.25) is 0 Å². The Kier molecular flexibility index (Phi) is 4.47. The maximum absolute atomic E-state index is 5.40. The normalized spacial score (nSPS) is 9.68. The van der Waals surface area contributed by atoms with E-state index in [0.29, 0.717) is 6.61 Å². The van der Waals surface area contributed by atoms with Crippen LogP contribution in [0.15, 0.2) is 48.5 Å². The molecule has 2 nitrogen and oxygen atoms in total. The van der Waals surface area contributed by atoms with Crippen LogP contribution < -0.4 is 10.1 Å². The molecule has 0 saturated heterocycles. The second kappa shape index (κ2) is 6.51. The summed E-state index contributed by atoms with van der Waals surface area (Å²) in [4.78, 5) is 0. The van der Waals surface area contributed by atoms with Crippen LogP contribution >= 0.6 is 0 Å². The summed E-state index contributed by atoms with van der Waals surface area (Å²) in [5.74, 6) is 3.27. The van der Waals surface area contributed by atoms with E-state index in [2.05, 4.69) is 42.4 Å². The van der Waals surface area contributed by atoms with E-state index in [9.17, 15) is 0 Å². The lowest BCUT2D eigenvalue weighted by atomic mass is 10.2. The molecule has 0 fully saturated rings. The highest BCUT2D eigenvalue weighted by Gasteiger charge is 1.97. The van der Waals surface area contributed by atoms with Gasteiger partial charge in [0.15, 0.2) is 0 Å². The third-order valence-electron chi connectivity index (χ3n) is 2.74. The molecule has 96 valence electrons. The van der Waals surface area contributed by atoms with Gasteiger partial charge in [0.1, 0.15) is 12.4 Å². The number of terminal acetylenes is 1. The molecule has 2 rings (SSSR count). The summed E-state index contributed by atoms with van der Waals surface area (Å²) in [6.45, 7) is 3.14. The van der Waals surface area contributed by atoms with Gasteiger partial charge in [0.25, 0.3) is 0 Å². The van der Waals surface area contributed by atoms with E-state index in [0.717, 1.165) is 23.5 Å². The maximum Gasteiger partial charge on any atom is 0.148 e. The van der Waals surface area contributed by atoms with Gasteiger partial charge >= 0.3 is 0 Å². The van der Waals surface area contributed by atoms with Gasteiger partial charge in [0, 0.05) is 12.2 Å². The van der Waals surface area contributed by atoms with Gasteiger partial charge in [-0.25, -0.2) is 0 Å². The van der Waals surface area contributed by atoms with Crippen LogP contribution in [0.4, 0.5) is 5.69 Å². The third kappa shape index (κ3) is 4.08. The molecule has 0 aliphatic heterocycles. The van der Waals surface area contributed by atoms with E-state index in [4.69, 9.17) is 11.2 Å². The van der Waals surface area contributed by atoms with Crippen LogP contribution in [0.1, 0.15) is 11.1 Å². The largest absolute Gasteiger partial charge is 0.481 e. The van der Waals surface area contributed by atoms with E-state index in [-0.39, 0.29) is 0 Å². The van der Waals surface area contributed by atoms with Crippen molar-refractivity contribution in [3.8, 4) is 18.1 Å². The lowest BCUT2D eigenvalue weighted by Crippen LogP contribution is -2.00. The average molecular weight is 251 g/mol. The molecular formula is C17H17NO. The van der Waals surface area contributed by atoms with E-state index < -0.39 is 0 Å². The topological polar surface area (TPSA) is 21.3 Å². The quantitative estimate of drug-likeness (QED) is 0.819. The second-order valence-corrected chi connectivity index (χ2v) is 4.36. The van der Waals surface area contributed by atoms with Crippen LogP contribution in [0.25, 0.3) is 0 Å². The molecule has 2 heteroatoms. The van der Waals surface area contributed by atoms with Crippen LogP contribution in [0, 0.1) is 19.3 Å². The zero-order valence-corrected chi connectivity index (χ0v) is 11.0. The minimum absolute atomic E-state index is 0.300. The Bertz CT molecular complexity index is 584. The molecule has 0 bridgehead atoms. The Morgan fingerprint density at radius 3 is 2.79 bits per heavy atom. The Balaban J connectivity index is 1.98. The zero-order chi connectivity index (χ0) is 13.5. The summed E-state index contributed by atoms with van der Waals surface area (Å²) in [5.41, 5.74) is 3.53. The van der Waals surface area contributed by atoms with Gasteiger partial charge in [-0.1, -0.05) is 30.2 Å². The fraction of sp³-hybridized carbons (Fsp3) is 0.176.